The zero-order valence-corrected chi connectivity index (χ0v) is 11.5. The van der Waals surface area contributed by atoms with Gasteiger partial charge in [-0.15, -0.1) is 0 Å². The maximum atomic E-state index is 11.5. The normalized spacial score (nSPS) is 10.5. The first-order valence-corrected chi connectivity index (χ1v) is 6.37. The van der Waals surface area contributed by atoms with Crippen molar-refractivity contribution in [2.75, 3.05) is 0 Å². The predicted octanol–water partition coefficient (Wildman–Crippen LogP) is 4.96. The van der Waals surface area contributed by atoms with E-state index in [2.05, 4.69) is 15.9 Å². The Morgan fingerprint density at radius 3 is 2.76 bits per heavy atom. The summed E-state index contributed by atoms with van der Waals surface area (Å²) in [4.78, 5) is 11.5. The van der Waals surface area contributed by atoms with Crippen LogP contribution in [0.5, 0.6) is 0 Å². The minimum Gasteiger partial charge on any atom is -0.453 e. The molecule has 1 aromatic heterocycles. The van der Waals surface area contributed by atoms with Crippen molar-refractivity contribution in [2.45, 2.75) is 13.3 Å². The van der Waals surface area contributed by atoms with Gasteiger partial charge in [0.15, 0.2) is 11.5 Å². The Labute approximate surface area is 113 Å². The molecule has 0 amide bonds. The molecular weight excluding hydrogens is 303 g/mol. The third-order valence-corrected chi connectivity index (χ3v) is 3.64. The number of halogens is 2. The van der Waals surface area contributed by atoms with E-state index in [4.69, 9.17) is 16.0 Å². The number of rotatable bonds is 3. The van der Waals surface area contributed by atoms with Gasteiger partial charge < -0.3 is 4.42 Å². The van der Waals surface area contributed by atoms with Crippen molar-refractivity contribution in [2.24, 2.45) is 0 Å². The number of Topliss-reactive ketones (excluding diaryl/α,β-unsaturated/α-hetero) is 1. The molecule has 2 rings (SSSR count). The van der Waals surface area contributed by atoms with Crippen molar-refractivity contribution >= 4 is 33.3 Å². The molecule has 4 heteroatoms. The highest BCUT2D eigenvalue weighted by Crippen LogP contribution is 2.29. The topological polar surface area (TPSA) is 30.2 Å². The van der Waals surface area contributed by atoms with Crippen LogP contribution in [0, 0.1) is 0 Å². The van der Waals surface area contributed by atoms with Crippen molar-refractivity contribution in [3.63, 3.8) is 0 Å². The van der Waals surface area contributed by atoms with E-state index < -0.39 is 0 Å². The van der Waals surface area contributed by atoms with Crippen LogP contribution in [-0.2, 0) is 0 Å². The molecule has 0 N–H and O–H groups in total. The Morgan fingerprint density at radius 2 is 2.12 bits per heavy atom. The van der Waals surface area contributed by atoms with Gasteiger partial charge in [-0.3, -0.25) is 4.79 Å². The van der Waals surface area contributed by atoms with Gasteiger partial charge in [0.2, 0.25) is 0 Å². The number of furan rings is 1. The van der Waals surface area contributed by atoms with Crippen molar-refractivity contribution in [3.05, 3.63) is 45.6 Å². The van der Waals surface area contributed by atoms with Gasteiger partial charge in [-0.25, -0.2) is 0 Å². The molecule has 1 aromatic carbocycles. The Kier molecular flexibility index (Phi) is 3.69. The van der Waals surface area contributed by atoms with Crippen LogP contribution in [-0.4, -0.2) is 5.78 Å². The van der Waals surface area contributed by atoms with Crippen LogP contribution in [0.3, 0.4) is 0 Å². The van der Waals surface area contributed by atoms with E-state index in [1.54, 1.807) is 25.1 Å². The van der Waals surface area contributed by atoms with Crippen LogP contribution in [0.4, 0.5) is 0 Å². The summed E-state index contributed by atoms with van der Waals surface area (Å²) in [6, 6.07) is 9.00. The van der Waals surface area contributed by atoms with Crippen LogP contribution in [0.1, 0.15) is 23.9 Å². The van der Waals surface area contributed by atoms with Gasteiger partial charge in [0.05, 0.1) is 5.02 Å². The molecule has 0 aliphatic carbocycles. The fourth-order valence-electron chi connectivity index (χ4n) is 1.47. The summed E-state index contributed by atoms with van der Waals surface area (Å²) in [5.74, 6) is 1.04. The second kappa shape index (κ2) is 5.07. The summed E-state index contributed by atoms with van der Waals surface area (Å²) in [7, 11) is 0. The minimum absolute atomic E-state index is 0.000501. The van der Waals surface area contributed by atoms with E-state index in [0.29, 0.717) is 23.0 Å². The molecule has 0 aliphatic heterocycles. The highest BCUT2D eigenvalue weighted by atomic mass is 79.9. The van der Waals surface area contributed by atoms with Gasteiger partial charge in [0.25, 0.3) is 0 Å². The second-order valence-electron chi connectivity index (χ2n) is 3.57. The molecule has 0 saturated heterocycles. The summed E-state index contributed by atoms with van der Waals surface area (Å²) in [5, 5.41) is 0.613. The first-order valence-electron chi connectivity index (χ1n) is 5.20. The lowest BCUT2D eigenvalue weighted by atomic mass is 10.2. The fraction of sp³-hybridized carbons (Fsp3) is 0.154. The third kappa shape index (κ3) is 2.61. The van der Waals surface area contributed by atoms with E-state index in [1.807, 2.05) is 12.1 Å². The summed E-state index contributed by atoms with van der Waals surface area (Å²) in [6.45, 7) is 1.81. The lowest BCUT2D eigenvalue weighted by Crippen LogP contribution is -1.92. The van der Waals surface area contributed by atoms with E-state index >= 15 is 0 Å². The maximum Gasteiger partial charge on any atom is 0.197 e. The summed E-state index contributed by atoms with van der Waals surface area (Å²) < 4.78 is 6.33. The molecule has 0 spiro atoms. The average molecular weight is 314 g/mol. The molecule has 17 heavy (non-hydrogen) atoms. The van der Waals surface area contributed by atoms with Crippen molar-refractivity contribution in [3.8, 4) is 11.3 Å². The van der Waals surface area contributed by atoms with Crippen molar-refractivity contribution < 1.29 is 9.21 Å². The molecule has 0 atom stereocenters. The highest BCUT2D eigenvalue weighted by molar-refractivity contribution is 9.10. The number of hydrogen-bond donors (Lipinski definition) is 0. The Hall–Kier alpha value is -1.06. The van der Waals surface area contributed by atoms with Crippen LogP contribution < -0.4 is 0 Å². The molecule has 0 bridgehead atoms. The Bertz CT molecular complexity index is 560. The van der Waals surface area contributed by atoms with Crippen molar-refractivity contribution in [1.29, 1.82) is 0 Å². The standard InChI is InChI=1S/C13H10BrClO2/c1-2-11(16)13-6-5-12(17-13)8-3-4-9(14)10(15)7-8/h3-7H,2H2,1H3. The Balaban J connectivity index is 2.37. The van der Waals surface area contributed by atoms with Gasteiger partial charge in [-0.1, -0.05) is 24.6 Å². The van der Waals surface area contributed by atoms with Crippen LogP contribution >= 0.6 is 27.5 Å². The molecule has 1 heterocycles. The molecule has 88 valence electrons. The molecule has 0 radical (unpaired) electrons. The molecule has 0 aliphatic rings. The molecule has 0 unspecified atom stereocenters. The molecule has 0 fully saturated rings. The summed E-state index contributed by atoms with van der Waals surface area (Å²) >= 11 is 9.33. The average Bonchev–Trinajstić information content (AvgIpc) is 2.81. The number of hydrogen-bond acceptors (Lipinski definition) is 2. The zero-order chi connectivity index (χ0) is 12.4. The van der Waals surface area contributed by atoms with Gasteiger partial charge >= 0.3 is 0 Å². The lowest BCUT2D eigenvalue weighted by Gasteiger charge is -2.00. The zero-order valence-electron chi connectivity index (χ0n) is 9.17. The van der Waals surface area contributed by atoms with Crippen LogP contribution in [0.25, 0.3) is 11.3 Å². The SMILES string of the molecule is CCC(=O)c1ccc(-c2ccc(Br)c(Cl)c2)o1. The highest BCUT2D eigenvalue weighted by Gasteiger charge is 2.11. The first-order chi connectivity index (χ1) is 8.11. The molecular formula is C13H10BrClO2. The summed E-state index contributed by atoms with van der Waals surface area (Å²) in [5.41, 5.74) is 0.855. The fourth-order valence-corrected chi connectivity index (χ4v) is 1.89. The molecule has 2 nitrogen and oxygen atoms in total. The number of ketones is 1. The smallest absolute Gasteiger partial charge is 0.197 e. The third-order valence-electron chi connectivity index (χ3n) is 2.41. The van der Waals surface area contributed by atoms with Gasteiger partial charge in [0.1, 0.15) is 5.76 Å². The monoisotopic (exact) mass is 312 g/mol. The van der Waals surface area contributed by atoms with Crippen LogP contribution in [0.2, 0.25) is 5.02 Å². The van der Waals surface area contributed by atoms with E-state index in [0.717, 1.165) is 10.0 Å². The van der Waals surface area contributed by atoms with E-state index in [9.17, 15) is 4.79 Å². The quantitative estimate of drug-likeness (QED) is 0.750. The van der Waals surface area contributed by atoms with Crippen molar-refractivity contribution in [1.82, 2.24) is 0 Å². The van der Waals surface area contributed by atoms with Crippen LogP contribution in [0.15, 0.2) is 39.2 Å². The first kappa shape index (κ1) is 12.4. The van der Waals surface area contributed by atoms with Gasteiger partial charge in [-0.05, 0) is 40.2 Å². The summed E-state index contributed by atoms with van der Waals surface area (Å²) in [6.07, 6.45) is 0.439. The lowest BCUT2D eigenvalue weighted by molar-refractivity contribution is 0.0962. The predicted molar refractivity (Wildman–Crippen MR) is 71.5 cm³/mol. The van der Waals surface area contributed by atoms with Gasteiger partial charge in [0, 0.05) is 16.5 Å². The van der Waals surface area contributed by atoms with E-state index in [-0.39, 0.29) is 5.78 Å². The van der Waals surface area contributed by atoms with Gasteiger partial charge in [-0.2, -0.15) is 0 Å². The van der Waals surface area contributed by atoms with E-state index in [1.165, 1.54) is 0 Å². The largest absolute Gasteiger partial charge is 0.453 e. The Morgan fingerprint density at radius 1 is 1.35 bits per heavy atom. The maximum absolute atomic E-state index is 11.5. The number of benzene rings is 1. The second-order valence-corrected chi connectivity index (χ2v) is 4.83. The number of carbonyl (C=O) groups excluding carboxylic acids is 1. The molecule has 2 aromatic rings. The minimum atomic E-state index is -0.000501. The molecule has 0 saturated carbocycles. The number of carbonyl (C=O) groups is 1.